The molecule has 0 amide bonds. The van der Waals surface area contributed by atoms with E-state index in [0.29, 0.717) is 52.8 Å². The number of nitrogens with zero attached hydrogens (tertiary/aromatic N) is 8. The summed E-state index contributed by atoms with van der Waals surface area (Å²) in [5.41, 5.74) is 6.72. The Morgan fingerprint density at radius 3 is 2.67 bits per heavy atom. The van der Waals surface area contributed by atoms with E-state index in [4.69, 9.17) is 14.9 Å². The zero-order valence-electron chi connectivity index (χ0n) is 22.3. The Kier molecular flexibility index (Phi) is 7.52. The zero-order chi connectivity index (χ0) is 27.6. The van der Waals surface area contributed by atoms with Gasteiger partial charge in [0.05, 0.1) is 12.0 Å². The number of halogens is 1. The van der Waals surface area contributed by atoms with Crippen LogP contribution < -0.4 is 20.3 Å². The van der Waals surface area contributed by atoms with Crippen LogP contribution in [0.15, 0.2) is 41.0 Å². The quantitative estimate of drug-likeness (QED) is 0.334. The van der Waals surface area contributed by atoms with Gasteiger partial charge in [-0.3, -0.25) is 9.11 Å². The summed E-state index contributed by atoms with van der Waals surface area (Å²) in [6.45, 7) is 4.54. The summed E-state index contributed by atoms with van der Waals surface area (Å²) < 4.78 is 39.2. The largest absolute Gasteiger partial charge is 0.490 e. The highest BCUT2D eigenvalue weighted by Crippen LogP contribution is 2.27. The molecule has 6 rings (SSSR count). The van der Waals surface area contributed by atoms with E-state index in [-0.39, 0.29) is 17.9 Å². The van der Waals surface area contributed by atoms with E-state index in [1.807, 2.05) is 18.0 Å². The van der Waals surface area contributed by atoms with Gasteiger partial charge in [0.1, 0.15) is 17.7 Å². The SMILES string of the molecule is CN(CCN1CCN(c2ccc(OC3CCS(=O)CC3)cc2F)CC1)c1nc(N)n2nc(-c3ccco3)nc2n1. The molecule has 12 nitrogen and oxygen atoms in total. The van der Waals surface area contributed by atoms with Crippen molar-refractivity contribution in [2.24, 2.45) is 0 Å². The number of benzene rings is 1. The number of anilines is 3. The lowest BCUT2D eigenvalue weighted by atomic mass is 10.2. The van der Waals surface area contributed by atoms with Crippen molar-refractivity contribution in [1.82, 2.24) is 29.5 Å². The van der Waals surface area contributed by atoms with Crippen molar-refractivity contribution in [2.45, 2.75) is 18.9 Å². The van der Waals surface area contributed by atoms with E-state index < -0.39 is 10.8 Å². The van der Waals surface area contributed by atoms with Crippen molar-refractivity contribution in [1.29, 1.82) is 0 Å². The van der Waals surface area contributed by atoms with Crippen molar-refractivity contribution in [2.75, 3.05) is 73.4 Å². The fourth-order valence-electron chi connectivity index (χ4n) is 4.98. The Bertz CT molecular complexity index is 1480. The Morgan fingerprint density at radius 2 is 1.95 bits per heavy atom. The van der Waals surface area contributed by atoms with Crippen molar-refractivity contribution in [3.05, 3.63) is 42.4 Å². The normalized spacial score (nSPS) is 20.2. The minimum absolute atomic E-state index is 0.00366. The van der Waals surface area contributed by atoms with E-state index in [9.17, 15) is 8.60 Å². The lowest BCUT2D eigenvalue weighted by molar-refractivity contribution is 0.190. The van der Waals surface area contributed by atoms with Crippen molar-refractivity contribution < 1.29 is 17.8 Å². The van der Waals surface area contributed by atoms with Crippen LogP contribution in [0.1, 0.15) is 12.8 Å². The first-order valence-corrected chi connectivity index (χ1v) is 14.9. The number of piperazine rings is 1. The summed E-state index contributed by atoms with van der Waals surface area (Å²) in [4.78, 5) is 19.7. The minimum Gasteiger partial charge on any atom is -0.490 e. The van der Waals surface area contributed by atoms with Crippen LogP contribution in [0.3, 0.4) is 0 Å². The highest BCUT2D eigenvalue weighted by Gasteiger charge is 2.23. The lowest BCUT2D eigenvalue weighted by Crippen LogP contribution is -2.48. The number of furan rings is 1. The molecule has 40 heavy (non-hydrogen) atoms. The minimum atomic E-state index is -0.745. The topological polar surface area (TPSA) is 131 Å². The van der Waals surface area contributed by atoms with Gasteiger partial charge in [0.2, 0.25) is 17.7 Å². The average Bonchev–Trinajstić information content (AvgIpc) is 3.64. The second kappa shape index (κ2) is 11.4. The second-order valence-electron chi connectivity index (χ2n) is 10.0. The number of rotatable bonds is 8. The highest BCUT2D eigenvalue weighted by molar-refractivity contribution is 7.85. The molecule has 0 aliphatic carbocycles. The van der Waals surface area contributed by atoms with E-state index >= 15 is 0 Å². The van der Waals surface area contributed by atoms with E-state index in [0.717, 1.165) is 45.6 Å². The summed E-state index contributed by atoms with van der Waals surface area (Å²) in [5.74, 6) is 3.49. The highest BCUT2D eigenvalue weighted by atomic mass is 32.2. The van der Waals surface area contributed by atoms with Gasteiger partial charge in [0, 0.05) is 74.7 Å². The van der Waals surface area contributed by atoms with Gasteiger partial charge in [0.25, 0.3) is 5.78 Å². The predicted octanol–water partition coefficient (Wildman–Crippen LogP) is 2.05. The fourth-order valence-corrected chi connectivity index (χ4v) is 6.23. The Balaban J connectivity index is 1.01. The van der Waals surface area contributed by atoms with Gasteiger partial charge in [0.15, 0.2) is 5.76 Å². The van der Waals surface area contributed by atoms with E-state index in [1.54, 1.807) is 24.5 Å². The average molecular weight is 570 g/mol. The molecule has 0 spiro atoms. The van der Waals surface area contributed by atoms with E-state index in [2.05, 4.69) is 29.9 Å². The van der Waals surface area contributed by atoms with Crippen LogP contribution in [-0.4, -0.2) is 97.6 Å². The lowest BCUT2D eigenvalue weighted by Gasteiger charge is -2.37. The number of hydrogen-bond donors (Lipinski definition) is 1. The molecule has 0 saturated carbocycles. The van der Waals surface area contributed by atoms with Gasteiger partial charge in [-0.1, -0.05) is 0 Å². The predicted molar refractivity (Wildman–Crippen MR) is 151 cm³/mol. The molecule has 4 aromatic rings. The van der Waals surface area contributed by atoms with Crippen LogP contribution >= 0.6 is 0 Å². The van der Waals surface area contributed by atoms with Crippen LogP contribution in [0.25, 0.3) is 17.4 Å². The number of aromatic nitrogens is 5. The Labute approximate surface area is 233 Å². The first-order valence-electron chi connectivity index (χ1n) is 13.4. The number of nitrogens with two attached hydrogens (primary N) is 1. The Hall–Kier alpha value is -3.78. The molecule has 2 N–H and O–H groups in total. The number of nitrogen functional groups attached to an aromatic ring is 1. The summed E-state index contributed by atoms with van der Waals surface area (Å²) >= 11 is 0. The number of likely N-dealkylation sites (N-methyl/N-ethyl adjacent to an activating group) is 1. The van der Waals surface area contributed by atoms with Gasteiger partial charge < -0.3 is 24.7 Å². The molecule has 2 aliphatic rings. The molecule has 0 unspecified atom stereocenters. The molecule has 2 saturated heterocycles. The van der Waals surface area contributed by atoms with Gasteiger partial charge in [-0.2, -0.15) is 19.5 Å². The van der Waals surface area contributed by atoms with Crippen LogP contribution in [0, 0.1) is 5.82 Å². The Morgan fingerprint density at radius 1 is 1.15 bits per heavy atom. The third-order valence-corrected chi connectivity index (χ3v) is 8.71. The number of hydrogen-bond acceptors (Lipinski definition) is 11. The summed E-state index contributed by atoms with van der Waals surface area (Å²) in [7, 11) is 1.17. The monoisotopic (exact) mass is 569 g/mol. The van der Waals surface area contributed by atoms with Gasteiger partial charge in [-0.05, 0) is 37.1 Å². The molecule has 2 fully saturated rings. The second-order valence-corrected chi connectivity index (χ2v) is 11.7. The molecule has 0 atom stereocenters. The standard InChI is InChI=1S/C26H32FN9O3S/c1-33(25-30-24(28)36-26(31-25)29-23(32-36)22-3-2-14-38-22)8-9-34-10-12-35(13-11-34)21-5-4-19(17-20(21)27)39-18-6-15-40(37)16-7-18/h2-5,14,17-18H,6-13,15-16H2,1H3,(H2,28,29,30,31,32). The molecule has 1 aromatic carbocycles. The molecular weight excluding hydrogens is 537 g/mol. The summed E-state index contributed by atoms with van der Waals surface area (Å²) in [6.07, 6.45) is 3.05. The first kappa shape index (κ1) is 26.4. The molecule has 0 radical (unpaired) electrons. The molecule has 14 heteroatoms. The van der Waals surface area contributed by atoms with Crippen molar-refractivity contribution >= 4 is 34.2 Å². The molecule has 5 heterocycles. The summed E-state index contributed by atoms with van der Waals surface area (Å²) in [5, 5.41) is 4.33. The maximum absolute atomic E-state index is 15.0. The van der Waals surface area contributed by atoms with Gasteiger partial charge in [-0.25, -0.2) is 4.39 Å². The molecule has 3 aromatic heterocycles. The molecule has 0 bridgehead atoms. The smallest absolute Gasteiger partial charge is 0.259 e. The number of fused-ring (bicyclic) bond motifs is 1. The van der Waals surface area contributed by atoms with Crippen LogP contribution in [0.2, 0.25) is 0 Å². The maximum Gasteiger partial charge on any atom is 0.259 e. The third-order valence-electron chi connectivity index (χ3n) is 7.33. The van der Waals surface area contributed by atoms with Crippen LogP contribution in [-0.2, 0) is 10.8 Å². The van der Waals surface area contributed by atoms with Crippen LogP contribution in [0.4, 0.5) is 22.0 Å². The van der Waals surface area contributed by atoms with Crippen LogP contribution in [0.5, 0.6) is 5.75 Å². The third kappa shape index (κ3) is 5.72. The maximum atomic E-state index is 15.0. The van der Waals surface area contributed by atoms with E-state index in [1.165, 1.54) is 10.6 Å². The van der Waals surface area contributed by atoms with Crippen molar-refractivity contribution in [3.8, 4) is 17.3 Å². The van der Waals surface area contributed by atoms with Gasteiger partial charge in [-0.15, -0.1) is 5.10 Å². The number of ether oxygens (including phenoxy) is 1. The molecule has 2 aliphatic heterocycles. The molecular formula is C26H32FN9O3S. The zero-order valence-corrected chi connectivity index (χ0v) is 23.1. The van der Waals surface area contributed by atoms with Gasteiger partial charge >= 0.3 is 0 Å². The summed E-state index contributed by atoms with van der Waals surface area (Å²) in [6, 6.07) is 8.64. The fraction of sp³-hybridized carbons (Fsp3) is 0.462. The first-order chi connectivity index (χ1) is 19.4. The van der Waals surface area contributed by atoms with Crippen molar-refractivity contribution in [3.63, 3.8) is 0 Å². The molecule has 212 valence electrons.